The molecular weight excluding hydrogens is 863 g/mol. The van der Waals surface area contributed by atoms with Crippen LogP contribution in [0, 0.1) is 16.7 Å². The van der Waals surface area contributed by atoms with Crippen molar-refractivity contribution >= 4 is 37.9 Å². The van der Waals surface area contributed by atoms with Crippen LogP contribution in [0.5, 0.6) is 0 Å². The molecule has 2 saturated carbocycles. The molecule has 354 valence electrons. The number of nitrogens with one attached hydrogen (secondary N) is 1. The molecule has 3 aliphatic carbocycles. The molecular formula is C51H63NO13Si. The van der Waals surface area contributed by atoms with Crippen LogP contribution in [-0.2, 0) is 37.8 Å². The lowest BCUT2D eigenvalue weighted by Crippen LogP contribution is -2.81. The summed E-state index contributed by atoms with van der Waals surface area (Å²) in [7, 11) is -2.89. The zero-order chi connectivity index (χ0) is 48.4. The highest BCUT2D eigenvalue weighted by molar-refractivity contribution is 6.74. The number of benzene rings is 3. The number of hydrogen-bond donors (Lipinski definition) is 4. The lowest BCUT2D eigenvalue weighted by Gasteiger charge is -2.67. The Morgan fingerprint density at radius 1 is 0.864 bits per heavy atom. The minimum absolute atomic E-state index is 0.000871. The predicted molar refractivity (Wildman–Crippen MR) is 244 cm³/mol. The van der Waals surface area contributed by atoms with E-state index in [4.69, 9.17) is 23.4 Å². The molecule has 15 heteroatoms. The molecule has 14 nitrogen and oxygen atoms in total. The van der Waals surface area contributed by atoms with Crippen LogP contribution in [0.1, 0.15) is 101 Å². The minimum atomic E-state index is -2.89. The molecule has 7 rings (SSSR count). The molecule has 4 N–H and O–H groups in total. The van der Waals surface area contributed by atoms with Gasteiger partial charge in [0.25, 0.3) is 5.91 Å². The van der Waals surface area contributed by atoms with Gasteiger partial charge in [-0.1, -0.05) is 101 Å². The number of rotatable bonds is 11. The van der Waals surface area contributed by atoms with Crippen molar-refractivity contribution in [2.45, 2.75) is 140 Å². The van der Waals surface area contributed by atoms with E-state index in [1.807, 2.05) is 33.9 Å². The first kappa shape index (κ1) is 48.9. The zero-order valence-electron chi connectivity index (χ0n) is 39.3. The number of amides is 1. The SMILES string of the molecule is CC(=O)O[C@@]12COC1C[C@H](O)[C@@]1(C)C(=O)[C@H](O)C3=C(C)C(OC(=O)[C@H](O[Si](C)(C)C(C)(C)C)C(NC(=O)c4ccccc4)c4ccccc4)C[C@@](O)([C@@H](OC(=O)c4ccccc4)[C@@H]12)C3(C)C. The standard InChI is InChI=1S/C51H63NO13Si/c1-29-34(62-46(59)40(65-66(9,10)47(3,4)5)38(31-20-14-11-15-21-31)52-44(57)32-22-16-12-17-23-32)27-51(60)43(63-45(58)33-24-18-13-19-25-33)41-49(8,42(56)39(55)37(29)48(51,6)7)35(54)26-36-50(41,28-61-36)64-30(2)53/h11-25,34-36,38-41,43,54-55,60H,26-28H2,1-10H3,(H,52,57)/t34?,35-,36?,38?,39+,40+,41-,43-,49+,50-,51+/m0/s1. The average molecular weight is 926 g/mol. The molecule has 1 heterocycles. The number of aliphatic hydroxyl groups is 3. The monoisotopic (exact) mass is 925 g/mol. The minimum Gasteiger partial charge on any atom is -0.456 e. The summed E-state index contributed by atoms with van der Waals surface area (Å²) < 4.78 is 32.0. The van der Waals surface area contributed by atoms with Crippen LogP contribution in [0.3, 0.4) is 0 Å². The number of esters is 3. The highest BCUT2D eigenvalue weighted by Gasteiger charge is 2.78. The van der Waals surface area contributed by atoms with E-state index in [9.17, 15) is 29.7 Å². The van der Waals surface area contributed by atoms with Gasteiger partial charge in [0.05, 0.1) is 35.6 Å². The van der Waals surface area contributed by atoms with Crippen LogP contribution < -0.4 is 5.32 Å². The van der Waals surface area contributed by atoms with E-state index in [1.54, 1.807) is 99.6 Å². The second kappa shape index (κ2) is 17.6. The summed E-state index contributed by atoms with van der Waals surface area (Å²) >= 11 is 0. The Labute approximate surface area is 387 Å². The Kier molecular flexibility index (Phi) is 13.0. The Balaban J connectivity index is 1.40. The number of fused-ring (bicyclic) bond motifs is 5. The maximum Gasteiger partial charge on any atom is 0.338 e. The highest BCUT2D eigenvalue weighted by atomic mass is 28.4. The highest BCUT2D eigenvalue weighted by Crippen LogP contribution is 2.64. The average Bonchev–Trinajstić information content (AvgIpc) is 3.26. The molecule has 3 fully saturated rings. The molecule has 0 spiro atoms. The summed E-state index contributed by atoms with van der Waals surface area (Å²) in [4.78, 5) is 72.0. The summed E-state index contributed by atoms with van der Waals surface area (Å²) in [5, 5.41) is 40.9. The zero-order valence-corrected chi connectivity index (χ0v) is 40.3. The van der Waals surface area contributed by atoms with Gasteiger partial charge >= 0.3 is 17.9 Å². The van der Waals surface area contributed by atoms with Crippen LogP contribution in [0.4, 0.5) is 0 Å². The third-order valence-electron chi connectivity index (χ3n) is 15.4. The molecule has 1 aliphatic heterocycles. The third kappa shape index (κ3) is 8.15. The molecule has 3 unspecified atom stereocenters. The van der Waals surface area contributed by atoms with Gasteiger partial charge in [-0.05, 0) is 73.0 Å². The van der Waals surface area contributed by atoms with Crippen molar-refractivity contribution in [1.29, 1.82) is 0 Å². The number of Topliss-reactive ketones (excluding diaryl/α,β-unsaturated/α-hetero) is 1. The fourth-order valence-corrected chi connectivity index (χ4v) is 11.8. The maximum atomic E-state index is 15.3. The molecule has 4 aliphatic rings. The Bertz CT molecular complexity index is 2380. The molecule has 0 aromatic heterocycles. The topological polar surface area (TPSA) is 204 Å². The van der Waals surface area contributed by atoms with Gasteiger partial charge in [0.15, 0.2) is 25.8 Å². The summed E-state index contributed by atoms with van der Waals surface area (Å²) in [6, 6.07) is 24.3. The molecule has 11 atom stereocenters. The van der Waals surface area contributed by atoms with E-state index in [1.165, 1.54) is 26.0 Å². The number of carbonyl (C=O) groups is 5. The molecule has 1 amide bonds. The Morgan fingerprint density at radius 2 is 1.42 bits per heavy atom. The van der Waals surface area contributed by atoms with E-state index in [-0.39, 0.29) is 29.7 Å². The van der Waals surface area contributed by atoms with Gasteiger partial charge < -0.3 is 44.0 Å². The number of ketones is 1. The first-order valence-electron chi connectivity index (χ1n) is 22.5. The predicted octanol–water partition coefficient (Wildman–Crippen LogP) is 6.19. The van der Waals surface area contributed by atoms with Crippen molar-refractivity contribution in [3.63, 3.8) is 0 Å². The van der Waals surface area contributed by atoms with Crippen molar-refractivity contribution in [2.75, 3.05) is 6.61 Å². The summed E-state index contributed by atoms with van der Waals surface area (Å²) in [6.45, 7) is 17.1. The van der Waals surface area contributed by atoms with Gasteiger partial charge in [-0.25, -0.2) is 9.59 Å². The first-order chi connectivity index (χ1) is 30.8. The third-order valence-corrected chi connectivity index (χ3v) is 19.9. The molecule has 66 heavy (non-hydrogen) atoms. The van der Waals surface area contributed by atoms with Crippen molar-refractivity contribution in [1.82, 2.24) is 5.32 Å². The molecule has 3 aromatic rings. The lowest BCUT2D eigenvalue weighted by atomic mass is 9.44. The van der Waals surface area contributed by atoms with Gasteiger partial charge in [0.1, 0.15) is 30.0 Å². The van der Waals surface area contributed by atoms with Crippen molar-refractivity contribution in [3.8, 4) is 0 Å². The van der Waals surface area contributed by atoms with E-state index >= 15 is 9.59 Å². The van der Waals surface area contributed by atoms with Crippen LogP contribution in [0.15, 0.2) is 102 Å². The Hall–Kier alpha value is -5.03. The summed E-state index contributed by atoms with van der Waals surface area (Å²) in [5.41, 5.74) is -6.43. The van der Waals surface area contributed by atoms with Gasteiger partial charge in [0.2, 0.25) is 0 Å². The van der Waals surface area contributed by atoms with Crippen LogP contribution in [-0.4, -0.2) is 108 Å². The second-order valence-corrected chi connectivity index (χ2v) is 25.4. The lowest BCUT2D eigenvalue weighted by molar-refractivity contribution is -0.346. The quantitative estimate of drug-likeness (QED) is 0.0734. The van der Waals surface area contributed by atoms with E-state index < -0.39 is 120 Å². The van der Waals surface area contributed by atoms with Crippen LogP contribution in [0.25, 0.3) is 0 Å². The first-order valence-corrected chi connectivity index (χ1v) is 25.4. The maximum absolute atomic E-state index is 15.3. The fraction of sp³-hybridized carbons (Fsp3) is 0.510. The van der Waals surface area contributed by atoms with Crippen molar-refractivity contribution < 1.29 is 62.7 Å². The van der Waals surface area contributed by atoms with Crippen LogP contribution >= 0.6 is 0 Å². The molecule has 2 bridgehead atoms. The van der Waals surface area contributed by atoms with Gasteiger partial charge in [0, 0.05) is 30.7 Å². The molecule has 1 saturated heterocycles. The van der Waals surface area contributed by atoms with Crippen LogP contribution in [0.2, 0.25) is 18.1 Å². The Morgan fingerprint density at radius 3 is 1.95 bits per heavy atom. The van der Waals surface area contributed by atoms with E-state index in [0.29, 0.717) is 11.1 Å². The normalized spacial score (nSPS) is 31.3. The number of aliphatic hydroxyl groups excluding tert-OH is 2. The summed E-state index contributed by atoms with van der Waals surface area (Å²) in [5.74, 6) is -5.40. The summed E-state index contributed by atoms with van der Waals surface area (Å²) in [6.07, 6.45) is -9.76. The fourth-order valence-electron chi connectivity index (χ4n) is 10.5. The molecule has 0 radical (unpaired) electrons. The largest absolute Gasteiger partial charge is 0.456 e. The smallest absolute Gasteiger partial charge is 0.338 e. The van der Waals surface area contributed by atoms with E-state index in [0.717, 1.165) is 0 Å². The van der Waals surface area contributed by atoms with E-state index in [2.05, 4.69) is 5.32 Å². The van der Waals surface area contributed by atoms with Crippen molar-refractivity contribution in [2.24, 2.45) is 16.7 Å². The van der Waals surface area contributed by atoms with Gasteiger partial charge in [-0.2, -0.15) is 0 Å². The second-order valence-electron chi connectivity index (χ2n) is 20.6. The molecule has 3 aromatic carbocycles. The van der Waals surface area contributed by atoms with Gasteiger partial charge in [-0.3, -0.25) is 14.4 Å². The number of hydrogen-bond acceptors (Lipinski definition) is 13. The van der Waals surface area contributed by atoms with Gasteiger partial charge in [-0.15, -0.1) is 0 Å². The van der Waals surface area contributed by atoms with Crippen molar-refractivity contribution in [3.05, 3.63) is 119 Å². The number of carbonyl (C=O) groups excluding carboxylic acids is 5. The number of ether oxygens (including phenoxy) is 4.